The quantitative estimate of drug-likeness (QED) is 0.827. The fraction of sp³-hybridized carbons (Fsp3) is 0.545. The number of rotatable bonds is 4. The van der Waals surface area contributed by atoms with Gasteiger partial charge < -0.3 is 10.0 Å². The van der Waals surface area contributed by atoms with Crippen molar-refractivity contribution in [3.8, 4) is 0 Å². The third-order valence-electron chi connectivity index (χ3n) is 2.72. The smallest absolute Gasteiger partial charge is 0.236 e. The van der Waals surface area contributed by atoms with Gasteiger partial charge in [0.25, 0.3) is 0 Å². The van der Waals surface area contributed by atoms with E-state index < -0.39 is 0 Å². The van der Waals surface area contributed by atoms with Gasteiger partial charge in [0.15, 0.2) is 0 Å². The largest absolute Gasteiger partial charge is 0.390 e. The molecule has 0 aliphatic carbocycles. The van der Waals surface area contributed by atoms with Gasteiger partial charge in [-0.1, -0.05) is 0 Å². The highest BCUT2D eigenvalue weighted by Crippen LogP contribution is 2.10. The van der Waals surface area contributed by atoms with E-state index >= 15 is 0 Å². The van der Waals surface area contributed by atoms with Crippen molar-refractivity contribution in [2.75, 3.05) is 26.7 Å². The van der Waals surface area contributed by atoms with E-state index in [0.29, 0.717) is 26.2 Å². The summed E-state index contributed by atoms with van der Waals surface area (Å²) < 4.78 is 0. The van der Waals surface area contributed by atoms with Crippen molar-refractivity contribution in [3.63, 3.8) is 0 Å². The van der Waals surface area contributed by atoms with Crippen molar-refractivity contribution in [2.24, 2.45) is 0 Å². The summed E-state index contributed by atoms with van der Waals surface area (Å²) in [5.74, 6) is 0.109. The molecule has 1 aromatic rings. The lowest BCUT2D eigenvalue weighted by Crippen LogP contribution is -2.53. The van der Waals surface area contributed by atoms with Crippen molar-refractivity contribution in [3.05, 3.63) is 22.4 Å². The van der Waals surface area contributed by atoms with Gasteiger partial charge in [-0.15, -0.1) is 0 Å². The Kier molecular flexibility index (Phi) is 3.58. The second kappa shape index (κ2) is 4.95. The van der Waals surface area contributed by atoms with E-state index in [2.05, 4.69) is 5.38 Å². The molecule has 1 aliphatic rings. The van der Waals surface area contributed by atoms with E-state index in [1.54, 1.807) is 16.2 Å². The van der Waals surface area contributed by atoms with Gasteiger partial charge in [-0.2, -0.15) is 11.3 Å². The zero-order valence-corrected chi connectivity index (χ0v) is 10.1. The van der Waals surface area contributed by atoms with Crippen LogP contribution < -0.4 is 0 Å². The van der Waals surface area contributed by atoms with Crippen molar-refractivity contribution >= 4 is 17.2 Å². The van der Waals surface area contributed by atoms with Gasteiger partial charge >= 0.3 is 0 Å². The number of carbonyl (C=O) groups excluding carboxylic acids is 1. The van der Waals surface area contributed by atoms with Crippen LogP contribution in [0.25, 0.3) is 0 Å². The number of nitrogens with zero attached hydrogens (tertiary/aromatic N) is 2. The van der Waals surface area contributed by atoms with E-state index in [4.69, 9.17) is 5.11 Å². The molecule has 1 saturated heterocycles. The molecule has 2 rings (SSSR count). The van der Waals surface area contributed by atoms with Gasteiger partial charge in [-0.3, -0.25) is 9.69 Å². The van der Waals surface area contributed by atoms with Crippen LogP contribution in [-0.2, 0) is 11.3 Å². The fourth-order valence-corrected chi connectivity index (χ4v) is 2.39. The molecule has 0 aromatic carbocycles. The standard InChI is InChI=1S/C11H16N2O2S/c1-12(4-9-2-3-16-8-9)11(15)7-13-5-10(14)6-13/h2-3,8,10,14H,4-7H2,1H3. The van der Waals surface area contributed by atoms with E-state index in [1.807, 2.05) is 23.4 Å². The molecule has 4 nitrogen and oxygen atoms in total. The van der Waals surface area contributed by atoms with Gasteiger partial charge in [0.05, 0.1) is 12.6 Å². The average molecular weight is 240 g/mol. The zero-order valence-electron chi connectivity index (χ0n) is 9.30. The van der Waals surface area contributed by atoms with Crippen LogP contribution in [0.3, 0.4) is 0 Å². The molecular weight excluding hydrogens is 224 g/mol. The lowest BCUT2D eigenvalue weighted by atomic mass is 10.2. The van der Waals surface area contributed by atoms with E-state index in [9.17, 15) is 4.79 Å². The predicted octanol–water partition coefficient (Wildman–Crippen LogP) is 0.383. The number of likely N-dealkylation sites (N-methyl/N-ethyl adjacent to an activating group) is 1. The number of carbonyl (C=O) groups is 1. The summed E-state index contributed by atoms with van der Waals surface area (Å²) >= 11 is 1.64. The van der Waals surface area contributed by atoms with Gasteiger partial charge in [-0.05, 0) is 22.4 Å². The monoisotopic (exact) mass is 240 g/mol. The fourth-order valence-electron chi connectivity index (χ4n) is 1.73. The summed E-state index contributed by atoms with van der Waals surface area (Å²) in [7, 11) is 1.82. The Labute approximate surface area is 99.1 Å². The van der Waals surface area contributed by atoms with Crippen molar-refractivity contribution in [1.82, 2.24) is 9.80 Å². The molecule has 2 heterocycles. The molecule has 5 heteroatoms. The Hall–Kier alpha value is -0.910. The van der Waals surface area contributed by atoms with Crippen LogP contribution in [0.4, 0.5) is 0 Å². The Morgan fingerprint density at radius 2 is 2.44 bits per heavy atom. The highest BCUT2D eigenvalue weighted by Gasteiger charge is 2.26. The van der Waals surface area contributed by atoms with Crippen molar-refractivity contribution < 1.29 is 9.90 Å². The van der Waals surface area contributed by atoms with Crippen LogP contribution in [0, 0.1) is 0 Å². The second-order valence-electron chi connectivity index (χ2n) is 4.23. The first-order chi connectivity index (χ1) is 7.65. The predicted molar refractivity (Wildman–Crippen MR) is 63.2 cm³/mol. The van der Waals surface area contributed by atoms with Crippen LogP contribution in [0.2, 0.25) is 0 Å². The van der Waals surface area contributed by atoms with Crippen LogP contribution in [0.5, 0.6) is 0 Å². The molecule has 1 amide bonds. The minimum Gasteiger partial charge on any atom is -0.390 e. The summed E-state index contributed by atoms with van der Waals surface area (Å²) in [4.78, 5) is 15.5. The first-order valence-electron chi connectivity index (χ1n) is 5.30. The maximum absolute atomic E-state index is 11.8. The van der Waals surface area contributed by atoms with Crippen molar-refractivity contribution in [1.29, 1.82) is 0 Å². The molecular formula is C11H16N2O2S. The van der Waals surface area contributed by atoms with E-state index in [0.717, 1.165) is 0 Å². The highest BCUT2D eigenvalue weighted by atomic mass is 32.1. The molecule has 88 valence electrons. The summed E-state index contributed by atoms with van der Waals surface area (Å²) in [6.07, 6.45) is -0.241. The Morgan fingerprint density at radius 3 is 3.00 bits per heavy atom. The van der Waals surface area contributed by atoms with Gasteiger partial charge in [0, 0.05) is 26.7 Å². The highest BCUT2D eigenvalue weighted by molar-refractivity contribution is 7.07. The molecule has 0 atom stereocenters. The third kappa shape index (κ3) is 2.81. The molecule has 0 unspecified atom stereocenters. The lowest BCUT2D eigenvalue weighted by Gasteiger charge is -2.36. The number of aliphatic hydroxyl groups excluding tert-OH is 1. The van der Waals surface area contributed by atoms with Crippen LogP contribution in [-0.4, -0.2) is 53.6 Å². The van der Waals surface area contributed by atoms with Gasteiger partial charge in [-0.25, -0.2) is 0 Å². The number of thiophene rings is 1. The van der Waals surface area contributed by atoms with E-state index in [-0.39, 0.29) is 12.0 Å². The first kappa shape index (κ1) is 11.6. The van der Waals surface area contributed by atoms with Crippen molar-refractivity contribution in [2.45, 2.75) is 12.6 Å². The lowest BCUT2D eigenvalue weighted by molar-refractivity contribution is -0.134. The summed E-state index contributed by atoms with van der Waals surface area (Å²) in [6.45, 7) is 2.33. The topological polar surface area (TPSA) is 43.8 Å². The minimum absolute atomic E-state index is 0.109. The minimum atomic E-state index is -0.241. The molecule has 0 bridgehead atoms. The molecule has 1 fully saturated rings. The second-order valence-corrected chi connectivity index (χ2v) is 5.01. The SMILES string of the molecule is CN(Cc1ccsc1)C(=O)CN1CC(O)C1. The number of β-amino-alcohol motifs (C(OH)–C–C–N with tert-alkyl or cyclic N) is 1. The molecule has 0 spiro atoms. The number of aliphatic hydroxyl groups is 1. The number of hydrogen-bond acceptors (Lipinski definition) is 4. The molecule has 0 radical (unpaired) electrons. The third-order valence-corrected chi connectivity index (χ3v) is 3.45. The normalized spacial score (nSPS) is 17.1. The number of hydrogen-bond donors (Lipinski definition) is 1. The summed E-state index contributed by atoms with van der Waals surface area (Å²) in [6, 6.07) is 2.03. The maximum atomic E-state index is 11.8. The van der Waals surface area contributed by atoms with Gasteiger partial charge in [0.1, 0.15) is 0 Å². The zero-order chi connectivity index (χ0) is 11.5. The molecule has 16 heavy (non-hydrogen) atoms. The molecule has 1 aliphatic heterocycles. The molecule has 0 saturated carbocycles. The summed E-state index contributed by atoms with van der Waals surface area (Å²) in [5, 5.41) is 13.2. The Balaban J connectivity index is 1.76. The Morgan fingerprint density at radius 1 is 1.69 bits per heavy atom. The van der Waals surface area contributed by atoms with E-state index in [1.165, 1.54) is 5.56 Å². The summed E-state index contributed by atoms with van der Waals surface area (Å²) in [5.41, 5.74) is 1.17. The maximum Gasteiger partial charge on any atom is 0.236 e. The van der Waals surface area contributed by atoms with Crippen LogP contribution in [0.1, 0.15) is 5.56 Å². The molecule has 1 N–H and O–H groups in total. The van der Waals surface area contributed by atoms with Gasteiger partial charge in [0.2, 0.25) is 5.91 Å². The van der Waals surface area contributed by atoms with Crippen LogP contribution >= 0.6 is 11.3 Å². The number of likely N-dealkylation sites (tertiary alicyclic amines) is 1. The number of amides is 1. The molecule has 1 aromatic heterocycles. The first-order valence-corrected chi connectivity index (χ1v) is 6.25. The average Bonchev–Trinajstić information content (AvgIpc) is 2.68. The van der Waals surface area contributed by atoms with Crippen LogP contribution in [0.15, 0.2) is 16.8 Å². The Bertz CT molecular complexity index is 347.